The molecule has 0 saturated carbocycles. The average molecular weight is 433 g/mol. The first-order chi connectivity index (χ1) is 12.2. The van der Waals surface area contributed by atoms with Crippen molar-refractivity contribution in [3.63, 3.8) is 0 Å². The van der Waals surface area contributed by atoms with Crippen LogP contribution in [-0.4, -0.2) is 25.9 Å². The summed E-state index contributed by atoms with van der Waals surface area (Å²) in [4.78, 5) is 25.3. The third kappa shape index (κ3) is 3.74. The molecule has 1 aliphatic heterocycles. The summed E-state index contributed by atoms with van der Waals surface area (Å²) in [5, 5.41) is 3.38. The van der Waals surface area contributed by atoms with Gasteiger partial charge in [0.05, 0.1) is 21.4 Å². The van der Waals surface area contributed by atoms with Crippen LogP contribution in [0.1, 0.15) is 16.8 Å². The largest absolute Gasteiger partial charge is 0.324 e. The van der Waals surface area contributed by atoms with Crippen molar-refractivity contribution in [1.29, 1.82) is 0 Å². The number of benzene rings is 2. The quantitative estimate of drug-likeness (QED) is 0.719. The Morgan fingerprint density at radius 3 is 2.38 bits per heavy atom. The molecule has 2 aromatic rings. The second kappa shape index (κ2) is 7.19. The van der Waals surface area contributed by atoms with E-state index in [-0.39, 0.29) is 38.4 Å². The lowest BCUT2D eigenvalue weighted by molar-refractivity contribution is -0.118. The van der Waals surface area contributed by atoms with Crippen molar-refractivity contribution in [2.75, 3.05) is 11.1 Å². The molecule has 1 amide bonds. The Labute approximate surface area is 165 Å². The van der Waals surface area contributed by atoms with E-state index in [4.69, 9.17) is 34.8 Å². The number of halogens is 3. The summed E-state index contributed by atoms with van der Waals surface area (Å²) in [7, 11) is -3.68. The molecule has 26 heavy (non-hydrogen) atoms. The number of carbonyl (C=O) groups excluding carboxylic acids is 2. The van der Waals surface area contributed by atoms with Crippen molar-refractivity contribution < 1.29 is 18.0 Å². The van der Waals surface area contributed by atoms with Crippen LogP contribution in [0.15, 0.2) is 41.3 Å². The van der Waals surface area contributed by atoms with Crippen LogP contribution < -0.4 is 5.32 Å². The molecule has 1 aliphatic rings. The minimum Gasteiger partial charge on any atom is -0.324 e. The predicted molar refractivity (Wildman–Crippen MR) is 101 cm³/mol. The highest BCUT2D eigenvalue weighted by atomic mass is 35.5. The molecule has 0 fully saturated rings. The number of hydrogen-bond acceptors (Lipinski definition) is 4. The highest BCUT2D eigenvalue weighted by Gasteiger charge is 2.37. The van der Waals surface area contributed by atoms with Crippen LogP contribution in [0.2, 0.25) is 15.1 Å². The Hall–Kier alpha value is -1.60. The van der Waals surface area contributed by atoms with Gasteiger partial charge in [0.25, 0.3) is 0 Å². The monoisotopic (exact) mass is 431 g/mol. The zero-order valence-electron chi connectivity index (χ0n) is 13.1. The molecule has 9 heteroatoms. The lowest BCUT2D eigenvalue weighted by Gasteiger charge is -2.14. The van der Waals surface area contributed by atoms with Crippen LogP contribution in [0.4, 0.5) is 5.69 Å². The van der Waals surface area contributed by atoms with Crippen molar-refractivity contribution in [3.05, 3.63) is 57.0 Å². The first-order valence-corrected chi connectivity index (χ1v) is 10.3. The highest BCUT2D eigenvalue weighted by molar-refractivity contribution is 7.91. The fourth-order valence-corrected chi connectivity index (χ4v) is 4.89. The smallest absolute Gasteiger partial charge is 0.235 e. The number of nitrogens with one attached hydrogen (secondary N) is 1. The molecular formula is C17H12Cl3NO4S. The van der Waals surface area contributed by atoms with Gasteiger partial charge in [-0.3, -0.25) is 9.59 Å². The maximum atomic E-state index is 12.8. The lowest BCUT2D eigenvalue weighted by atomic mass is 9.94. The normalized spacial score (nSPS) is 18.7. The zero-order chi connectivity index (χ0) is 19.1. The molecule has 0 saturated heterocycles. The van der Waals surface area contributed by atoms with Crippen molar-refractivity contribution in [2.45, 2.75) is 11.3 Å². The van der Waals surface area contributed by atoms with Gasteiger partial charge in [-0.2, -0.15) is 0 Å². The average Bonchev–Trinajstić information content (AvgIpc) is 2.65. The van der Waals surface area contributed by atoms with Gasteiger partial charge >= 0.3 is 0 Å². The van der Waals surface area contributed by atoms with E-state index < -0.39 is 27.4 Å². The number of hydrogen-bond donors (Lipinski definition) is 1. The highest BCUT2D eigenvalue weighted by Crippen LogP contribution is 2.31. The molecule has 1 heterocycles. The molecule has 0 aliphatic carbocycles. The van der Waals surface area contributed by atoms with Crippen LogP contribution in [0.3, 0.4) is 0 Å². The maximum absolute atomic E-state index is 12.8. The van der Waals surface area contributed by atoms with Crippen molar-refractivity contribution in [3.8, 4) is 0 Å². The summed E-state index contributed by atoms with van der Waals surface area (Å²) in [6.45, 7) is 0. The van der Waals surface area contributed by atoms with Crippen LogP contribution in [-0.2, 0) is 14.6 Å². The second-order valence-corrected chi connectivity index (χ2v) is 9.14. The number of amides is 1. The molecule has 0 radical (unpaired) electrons. The number of rotatable bonds is 2. The van der Waals surface area contributed by atoms with Gasteiger partial charge in [-0.15, -0.1) is 0 Å². The number of Topliss-reactive ketones (excluding diaryl/α,β-unsaturated/α-hetero) is 1. The molecule has 136 valence electrons. The van der Waals surface area contributed by atoms with Crippen molar-refractivity contribution in [2.24, 2.45) is 5.92 Å². The Balaban J connectivity index is 1.96. The molecule has 1 N–H and O–H groups in total. The van der Waals surface area contributed by atoms with E-state index in [9.17, 15) is 18.0 Å². The summed E-state index contributed by atoms with van der Waals surface area (Å²) in [6.07, 6.45) is -0.134. The first-order valence-electron chi connectivity index (χ1n) is 7.51. The molecule has 3 rings (SSSR count). The molecule has 1 atom stereocenters. The summed E-state index contributed by atoms with van der Waals surface area (Å²) in [5.74, 6) is -2.72. The second-order valence-electron chi connectivity index (χ2n) is 5.78. The van der Waals surface area contributed by atoms with Gasteiger partial charge in [-0.05, 0) is 42.8 Å². The standard InChI is InChI=1S/C17H12Cl3NO4S/c18-9-2-4-15-12(7-9)16(22)11(5-6-26(15,24)25)17(23)21-14-3-1-10(19)8-13(14)20/h1-4,7-8,11H,5-6H2,(H,21,23). The summed E-state index contributed by atoms with van der Waals surface area (Å²) >= 11 is 17.8. The number of fused-ring (bicyclic) bond motifs is 1. The third-order valence-electron chi connectivity index (χ3n) is 4.04. The number of anilines is 1. The van der Waals surface area contributed by atoms with E-state index in [1.165, 1.54) is 36.4 Å². The minimum atomic E-state index is -3.68. The molecule has 1 unspecified atom stereocenters. The summed E-state index contributed by atoms with van der Waals surface area (Å²) < 4.78 is 24.8. The SMILES string of the molecule is O=C(Nc1ccc(Cl)cc1Cl)C1CCS(=O)(=O)c2ccc(Cl)cc2C1=O. The Kier molecular flexibility index (Phi) is 5.30. The Bertz CT molecular complexity index is 1020. The summed E-state index contributed by atoms with van der Waals surface area (Å²) in [6, 6.07) is 8.47. The first kappa shape index (κ1) is 19.2. The maximum Gasteiger partial charge on any atom is 0.235 e. The van der Waals surface area contributed by atoms with Gasteiger partial charge in [-0.25, -0.2) is 8.42 Å². The topological polar surface area (TPSA) is 80.3 Å². The van der Waals surface area contributed by atoms with Crippen LogP contribution >= 0.6 is 34.8 Å². The van der Waals surface area contributed by atoms with Crippen LogP contribution in [0.5, 0.6) is 0 Å². The molecule has 2 aromatic carbocycles. The van der Waals surface area contributed by atoms with Gasteiger partial charge in [0, 0.05) is 15.6 Å². The van der Waals surface area contributed by atoms with Crippen LogP contribution in [0, 0.1) is 5.92 Å². The zero-order valence-corrected chi connectivity index (χ0v) is 16.2. The molecule has 0 aromatic heterocycles. The van der Waals surface area contributed by atoms with Gasteiger partial charge in [0.15, 0.2) is 15.6 Å². The van der Waals surface area contributed by atoms with Crippen LogP contribution in [0.25, 0.3) is 0 Å². The van der Waals surface area contributed by atoms with Gasteiger partial charge in [0.1, 0.15) is 5.92 Å². The predicted octanol–water partition coefficient (Wildman–Crippen LogP) is 4.26. The minimum absolute atomic E-state index is 0.0719. The number of sulfone groups is 1. The van der Waals surface area contributed by atoms with E-state index in [0.717, 1.165) is 0 Å². The molecule has 0 spiro atoms. The Morgan fingerprint density at radius 1 is 1.04 bits per heavy atom. The number of ketones is 1. The Morgan fingerprint density at radius 2 is 1.69 bits per heavy atom. The van der Waals surface area contributed by atoms with Gasteiger partial charge in [0.2, 0.25) is 5.91 Å². The molecule has 5 nitrogen and oxygen atoms in total. The van der Waals surface area contributed by atoms with Crippen molar-refractivity contribution >= 4 is 62.0 Å². The molecule has 0 bridgehead atoms. The van der Waals surface area contributed by atoms with E-state index in [0.29, 0.717) is 5.02 Å². The van der Waals surface area contributed by atoms with E-state index >= 15 is 0 Å². The van der Waals surface area contributed by atoms with E-state index in [1.807, 2.05) is 0 Å². The van der Waals surface area contributed by atoms with E-state index in [2.05, 4.69) is 5.32 Å². The molecular weight excluding hydrogens is 421 g/mol. The lowest BCUT2D eigenvalue weighted by Crippen LogP contribution is -2.30. The fraction of sp³-hybridized carbons (Fsp3) is 0.176. The summed E-state index contributed by atoms with van der Waals surface area (Å²) in [5.41, 5.74) is 0.213. The van der Waals surface area contributed by atoms with Gasteiger partial charge < -0.3 is 5.32 Å². The third-order valence-corrected chi connectivity index (χ3v) is 6.62. The van der Waals surface area contributed by atoms with E-state index in [1.54, 1.807) is 0 Å². The fourth-order valence-electron chi connectivity index (χ4n) is 2.73. The van der Waals surface area contributed by atoms with Crippen molar-refractivity contribution in [1.82, 2.24) is 0 Å². The van der Waals surface area contributed by atoms with Gasteiger partial charge in [-0.1, -0.05) is 34.8 Å². The number of carbonyl (C=O) groups is 2.